The maximum absolute atomic E-state index is 11.4. The van der Waals surface area contributed by atoms with Gasteiger partial charge in [-0.3, -0.25) is 4.79 Å². The molecule has 1 fully saturated rings. The molecule has 0 aromatic carbocycles. The van der Waals surface area contributed by atoms with E-state index in [-0.39, 0.29) is 18.0 Å². The molecule has 0 saturated carbocycles. The van der Waals surface area contributed by atoms with Crippen LogP contribution in [-0.4, -0.2) is 32.3 Å². The van der Waals surface area contributed by atoms with Crippen molar-refractivity contribution in [3.8, 4) is 0 Å². The summed E-state index contributed by atoms with van der Waals surface area (Å²) in [6.45, 7) is 1.59. The molecule has 0 spiro atoms. The largest absolute Gasteiger partial charge is 0.469 e. The average molecular weight is 238 g/mol. The van der Waals surface area contributed by atoms with Gasteiger partial charge in [-0.25, -0.2) is 0 Å². The smallest absolute Gasteiger partial charge is 0.312 e. The normalized spacial score (nSPS) is 27.6. The monoisotopic (exact) mass is 238 g/mol. The SMILES string of the molecule is COC(=O)C1C=CC(N)=C(NC[C@@H]2CCO2)C1. The maximum Gasteiger partial charge on any atom is 0.312 e. The lowest BCUT2D eigenvalue weighted by Crippen LogP contribution is -2.38. The van der Waals surface area contributed by atoms with E-state index < -0.39 is 0 Å². The first kappa shape index (κ1) is 12.0. The van der Waals surface area contributed by atoms with Crippen molar-refractivity contribution in [1.29, 1.82) is 0 Å². The van der Waals surface area contributed by atoms with Gasteiger partial charge in [0.05, 0.1) is 24.8 Å². The molecule has 2 rings (SSSR count). The molecule has 94 valence electrons. The first-order valence-electron chi connectivity index (χ1n) is 5.81. The first-order valence-corrected chi connectivity index (χ1v) is 5.81. The fraction of sp³-hybridized carbons (Fsp3) is 0.583. The Kier molecular flexibility index (Phi) is 3.68. The fourth-order valence-corrected chi connectivity index (χ4v) is 1.90. The minimum atomic E-state index is -0.239. The molecule has 5 heteroatoms. The molecular formula is C12H18N2O3. The van der Waals surface area contributed by atoms with Crippen molar-refractivity contribution >= 4 is 5.97 Å². The zero-order chi connectivity index (χ0) is 12.3. The lowest BCUT2D eigenvalue weighted by molar-refractivity contribution is -0.143. The van der Waals surface area contributed by atoms with Crippen LogP contribution in [0.4, 0.5) is 0 Å². The van der Waals surface area contributed by atoms with E-state index >= 15 is 0 Å². The number of nitrogens with one attached hydrogen (secondary N) is 1. The second kappa shape index (κ2) is 5.23. The molecule has 0 aromatic heterocycles. The van der Waals surface area contributed by atoms with E-state index in [4.69, 9.17) is 15.2 Å². The summed E-state index contributed by atoms with van der Waals surface area (Å²) < 4.78 is 10.0. The fourth-order valence-electron chi connectivity index (χ4n) is 1.90. The van der Waals surface area contributed by atoms with Crippen LogP contribution in [0.3, 0.4) is 0 Å². The van der Waals surface area contributed by atoms with Gasteiger partial charge >= 0.3 is 5.97 Å². The van der Waals surface area contributed by atoms with E-state index in [9.17, 15) is 4.79 Å². The molecule has 5 nitrogen and oxygen atoms in total. The summed E-state index contributed by atoms with van der Waals surface area (Å²) in [6.07, 6.45) is 5.47. The van der Waals surface area contributed by atoms with Gasteiger partial charge in [-0.15, -0.1) is 0 Å². The predicted molar refractivity (Wildman–Crippen MR) is 62.8 cm³/mol. The summed E-state index contributed by atoms with van der Waals surface area (Å²) in [4.78, 5) is 11.4. The number of carbonyl (C=O) groups is 1. The van der Waals surface area contributed by atoms with E-state index in [0.29, 0.717) is 12.1 Å². The van der Waals surface area contributed by atoms with Gasteiger partial charge in [-0.1, -0.05) is 6.08 Å². The molecule has 0 amide bonds. The molecule has 0 aromatic rings. The van der Waals surface area contributed by atoms with Crippen LogP contribution in [0.2, 0.25) is 0 Å². The minimum absolute atomic E-state index is 0.229. The Bertz CT molecular complexity index is 359. The lowest BCUT2D eigenvalue weighted by Gasteiger charge is -2.29. The Hall–Kier alpha value is -1.49. The van der Waals surface area contributed by atoms with Crippen LogP contribution in [0, 0.1) is 5.92 Å². The van der Waals surface area contributed by atoms with E-state index in [0.717, 1.165) is 25.3 Å². The first-order chi connectivity index (χ1) is 8.20. The Balaban J connectivity index is 1.90. The second-order valence-electron chi connectivity index (χ2n) is 4.29. The second-order valence-corrected chi connectivity index (χ2v) is 4.29. The summed E-state index contributed by atoms with van der Waals surface area (Å²) in [6, 6.07) is 0. The molecule has 0 bridgehead atoms. The predicted octanol–water partition coefficient (Wildman–Crippen LogP) is 0.284. The molecule has 1 aliphatic carbocycles. The summed E-state index contributed by atoms with van der Waals surface area (Å²) in [5, 5.41) is 3.25. The average Bonchev–Trinajstić information content (AvgIpc) is 2.28. The highest BCUT2D eigenvalue weighted by atomic mass is 16.5. The molecule has 2 atom stereocenters. The van der Waals surface area contributed by atoms with Crippen molar-refractivity contribution in [2.24, 2.45) is 11.7 Å². The molecule has 1 aliphatic heterocycles. The van der Waals surface area contributed by atoms with Gasteiger partial charge in [0, 0.05) is 25.3 Å². The van der Waals surface area contributed by atoms with E-state index in [2.05, 4.69) is 5.32 Å². The van der Waals surface area contributed by atoms with Gasteiger partial charge in [0.2, 0.25) is 0 Å². The van der Waals surface area contributed by atoms with Gasteiger partial charge < -0.3 is 20.5 Å². The van der Waals surface area contributed by atoms with Gasteiger partial charge in [-0.05, 0) is 12.5 Å². The number of carbonyl (C=O) groups excluding carboxylic acids is 1. The lowest BCUT2D eigenvalue weighted by atomic mass is 9.96. The van der Waals surface area contributed by atoms with Crippen LogP contribution in [-0.2, 0) is 14.3 Å². The Morgan fingerprint density at radius 1 is 1.71 bits per heavy atom. The van der Waals surface area contributed by atoms with Gasteiger partial charge in [-0.2, -0.15) is 0 Å². The van der Waals surface area contributed by atoms with E-state index in [1.807, 2.05) is 0 Å². The number of hydrogen-bond donors (Lipinski definition) is 2. The summed E-state index contributed by atoms with van der Waals surface area (Å²) in [5.41, 5.74) is 7.45. The van der Waals surface area contributed by atoms with Crippen LogP contribution in [0.25, 0.3) is 0 Å². The number of esters is 1. The van der Waals surface area contributed by atoms with Gasteiger partial charge in [0.1, 0.15) is 0 Å². The molecule has 1 saturated heterocycles. The highest BCUT2D eigenvalue weighted by Crippen LogP contribution is 2.21. The maximum atomic E-state index is 11.4. The van der Waals surface area contributed by atoms with Crippen molar-refractivity contribution in [1.82, 2.24) is 5.32 Å². The van der Waals surface area contributed by atoms with Crippen molar-refractivity contribution in [3.63, 3.8) is 0 Å². The molecule has 17 heavy (non-hydrogen) atoms. The number of methoxy groups -OCH3 is 1. The Morgan fingerprint density at radius 2 is 2.47 bits per heavy atom. The topological polar surface area (TPSA) is 73.6 Å². The third-order valence-electron chi connectivity index (χ3n) is 3.12. The van der Waals surface area contributed by atoms with Crippen LogP contribution < -0.4 is 11.1 Å². The van der Waals surface area contributed by atoms with E-state index in [1.54, 1.807) is 12.2 Å². The van der Waals surface area contributed by atoms with Crippen LogP contribution >= 0.6 is 0 Å². The van der Waals surface area contributed by atoms with Crippen LogP contribution in [0.5, 0.6) is 0 Å². The van der Waals surface area contributed by atoms with Gasteiger partial charge in [0.15, 0.2) is 0 Å². The van der Waals surface area contributed by atoms with E-state index in [1.165, 1.54) is 7.11 Å². The highest BCUT2D eigenvalue weighted by Gasteiger charge is 2.24. The molecule has 0 radical (unpaired) electrons. The summed E-state index contributed by atoms with van der Waals surface area (Å²) in [7, 11) is 1.40. The van der Waals surface area contributed by atoms with Crippen molar-refractivity contribution in [2.75, 3.05) is 20.3 Å². The summed E-state index contributed by atoms with van der Waals surface area (Å²) >= 11 is 0. The number of rotatable bonds is 4. The minimum Gasteiger partial charge on any atom is -0.469 e. The summed E-state index contributed by atoms with van der Waals surface area (Å²) in [5.74, 6) is -0.468. The zero-order valence-electron chi connectivity index (χ0n) is 9.94. The molecule has 1 unspecified atom stereocenters. The Labute approximate surface area is 101 Å². The van der Waals surface area contributed by atoms with Crippen molar-refractivity contribution < 1.29 is 14.3 Å². The number of nitrogens with two attached hydrogens (primary N) is 1. The van der Waals surface area contributed by atoms with Crippen molar-refractivity contribution in [3.05, 3.63) is 23.5 Å². The van der Waals surface area contributed by atoms with Crippen LogP contribution in [0.1, 0.15) is 12.8 Å². The molecule has 3 N–H and O–H groups in total. The van der Waals surface area contributed by atoms with Gasteiger partial charge in [0.25, 0.3) is 0 Å². The molecule has 2 aliphatic rings. The van der Waals surface area contributed by atoms with Crippen LogP contribution in [0.15, 0.2) is 23.5 Å². The molecular weight excluding hydrogens is 220 g/mol. The molecule has 1 heterocycles. The number of ether oxygens (including phenoxy) is 2. The number of allylic oxidation sites excluding steroid dienone is 2. The Morgan fingerprint density at radius 3 is 3.06 bits per heavy atom. The third kappa shape index (κ3) is 2.79. The quantitative estimate of drug-likeness (QED) is 0.688. The van der Waals surface area contributed by atoms with Crippen molar-refractivity contribution in [2.45, 2.75) is 18.9 Å². The third-order valence-corrected chi connectivity index (χ3v) is 3.12. The highest BCUT2D eigenvalue weighted by molar-refractivity contribution is 5.75. The number of hydrogen-bond acceptors (Lipinski definition) is 5. The standard InChI is InChI=1S/C12H18N2O3/c1-16-12(15)8-2-3-10(13)11(6-8)14-7-9-4-5-17-9/h2-3,8-9,14H,4-7,13H2,1H3/t8?,9-/m0/s1. The zero-order valence-corrected chi connectivity index (χ0v) is 9.94.